The van der Waals surface area contributed by atoms with Crippen LogP contribution >= 0.6 is 0 Å². The van der Waals surface area contributed by atoms with Crippen molar-refractivity contribution in [3.05, 3.63) is 47.5 Å². The van der Waals surface area contributed by atoms with Gasteiger partial charge in [-0.2, -0.15) is 0 Å². The van der Waals surface area contributed by atoms with Crippen LogP contribution < -0.4 is 27.2 Å². The molecular formula is C46H75F2N5O7. The number of hydrazine groups is 1. The van der Waals surface area contributed by atoms with Crippen molar-refractivity contribution in [2.45, 2.75) is 188 Å². The van der Waals surface area contributed by atoms with E-state index < -0.39 is 64.4 Å². The molecule has 0 saturated carbocycles. The number of ketones is 4. The largest absolute Gasteiger partial charge is 0.391 e. The van der Waals surface area contributed by atoms with E-state index in [0.717, 1.165) is 63.5 Å². The second-order valence-corrected chi connectivity index (χ2v) is 17.8. The number of carbonyl (C=O) groups is 6. The first kappa shape index (κ1) is 54.3. The van der Waals surface area contributed by atoms with Gasteiger partial charge in [-0.05, 0) is 128 Å². The molecule has 0 radical (unpaired) electrons. The molecule has 60 heavy (non-hydrogen) atoms. The molecule has 0 spiro atoms. The van der Waals surface area contributed by atoms with Gasteiger partial charge in [0, 0.05) is 5.92 Å². The highest BCUT2D eigenvalue weighted by Crippen LogP contribution is 2.22. The van der Waals surface area contributed by atoms with Crippen molar-refractivity contribution in [3.8, 4) is 0 Å². The number of hydrogen-bond donors (Lipinski definition) is 6. The fourth-order valence-electron chi connectivity index (χ4n) is 7.17. The molecule has 1 rings (SSSR count). The summed E-state index contributed by atoms with van der Waals surface area (Å²) in [6, 6.07) is -0.636. The molecular weight excluding hydrogens is 773 g/mol. The predicted molar refractivity (Wildman–Crippen MR) is 231 cm³/mol. The maximum atomic E-state index is 14.2. The highest BCUT2D eigenvalue weighted by molar-refractivity contribution is 6.41. The lowest BCUT2D eigenvalue weighted by Gasteiger charge is -2.32. The van der Waals surface area contributed by atoms with Crippen LogP contribution in [0.1, 0.15) is 152 Å². The lowest BCUT2D eigenvalue weighted by Crippen LogP contribution is -2.61. The molecule has 0 aliphatic heterocycles. The molecule has 2 amide bonds. The van der Waals surface area contributed by atoms with Gasteiger partial charge in [0.05, 0.1) is 29.3 Å². The van der Waals surface area contributed by atoms with Crippen molar-refractivity contribution in [1.29, 1.82) is 0 Å². The van der Waals surface area contributed by atoms with Crippen LogP contribution in [-0.4, -0.2) is 75.4 Å². The van der Waals surface area contributed by atoms with E-state index in [1.165, 1.54) is 26.8 Å². The Morgan fingerprint density at radius 2 is 1.27 bits per heavy atom. The van der Waals surface area contributed by atoms with Crippen molar-refractivity contribution in [2.75, 3.05) is 0 Å². The van der Waals surface area contributed by atoms with Crippen LogP contribution in [0.3, 0.4) is 0 Å². The summed E-state index contributed by atoms with van der Waals surface area (Å²) >= 11 is 0. The molecule has 340 valence electrons. The molecule has 7 atom stereocenters. The van der Waals surface area contributed by atoms with Crippen molar-refractivity contribution in [1.82, 2.24) is 21.4 Å². The zero-order valence-corrected chi connectivity index (χ0v) is 37.9. The Morgan fingerprint density at radius 1 is 0.733 bits per heavy atom. The second-order valence-electron chi connectivity index (χ2n) is 17.8. The van der Waals surface area contributed by atoms with Gasteiger partial charge in [0.25, 0.3) is 0 Å². The van der Waals surface area contributed by atoms with Crippen molar-refractivity contribution >= 4 is 34.9 Å². The summed E-state index contributed by atoms with van der Waals surface area (Å²) in [7, 11) is 0. The third-order valence-electron chi connectivity index (χ3n) is 11.3. The fourth-order valence-corrected chi connectivity index (χ4v) is 7.17. The van der Waals surface area contributed by atoms with Gasteiger partial charge in [-0.3, -0.25) is 39.9 Å². The van der Waals surface area contributed by atoms with Crippen molar-refractivity contribution < 1.29 is 42.7 Å². The second kappa shape index (κ2) is 26.6. The first-order valence-electron chi connectivity index (χ1n) is 21.7. The monoisotopic (exact) mass is 848 g/mol. The van der Waals surface area contributed by atoms with E-state index >= 15 is 0 Å². The number of unbranched alkanes of at least 4 members (excludes halogenated alkanes) is 5. The van der Waals surface area contributed by atoms with E-state index in [1.54, 1.807) is 13.8 Å². The number of halogens is 2. The average Bonchev–Trinajstić information content (AvgIpc) is 3.15. The Hall–Kier alpha value is -3.72. The molecule has 0 saturated heterocycles. The van der Waals surface area contributed by atoms with E-state index in [0.29, 0.717) is 25.2 Å². The topological polar surface area (TPSA) is 197 Å². The Labute approximate surface area is 357 Å². The van der Waals surface area contributed by atoms with Crippen LogP contribution in [0.15, 0.2) is 30.4 Å². The summed E-state index contributed by atoms with van der Waals surface area (Å²) in [5, 5.41) is 18.9. The minimum absolute atomic E-state index is 0.0541. The zero-order valence-electron chi connectivity index (χ0n) is 37.9. The summed E-state index contributed by atoms with van der Waals surface area (Å²) in [4.78, 5) is 79.1. The summed E-state index contributed by atoms with van der Waals surface area (Å²) in [5.74, 6) is 0.441. The number of nitrogens with one attached hydrogen (secondary N) is 4. The normalized spacial score (nSPS) is 16.4. The molecule has 1 aromatic rings. The van der Waals surface area contributed by atoms with Gasteiger partial charge in [0.2, 0.25) is 23.4 Å². The number of rotatable bonds is 31. The Balaban J connectivity index is 2.91. The number of aliphatic hydroxyl groups excluding tert-OH is 1. The summed E-state index contributed by atoms with van der Waals surface area (Å²) < 4.78 is 28.0. The number of amides is 2. The van der Waals surface area contributed by atoms with Crippen LogP contribution in [0.25, 0.3) is 0 Å². The van der Waals surface area contributed by atoms with Gasteiger partial charge in [-0.1, -0.05) is 72.1 Å². The highest BCUT2D eigenvalue weighted by atomic mass is 19.2. The molecule has 0 aromatic heterocycles. The van der Waals surface area contributed by atoms with Crippen LogP contribution in [0.5, 0.6) is 0 Å². The molecule has 0 aliphatic carbocycles. The van der Waals surface area contributed by atoms with Gasteiger partial charge >= 0.3 is 0 Å². The molecule has 7 N–H and O–H groups in total. The maximum absolute atomic E-state index is 14.2. The molecule has 14 heteroatoms. The first-order valence-corrected chi connectivity index (χ1v) is 21.7. The number of aliphatic hydroxyl groups is 1. The smallest absolute Gasteiger partial charge is 0.238 e. The van der Waals surface area contributed by atoms with Gasteiger partial charge in [-0.25, -0.2) is 14.2 Å². The molecule has 1 aromatic carbocycles. The molecule has 12 nitrogen and oxygen atoms in total. The number of hydrogen-bond acceptors (Lipinski definition) is 10. The summed E-state index contributed by atoms with van der Waals surface area (Å²) in [6.07, 6.45) is 10.8. The average molecular weight is 848 g/mol. The lowest BCUT2D eigenvalue weighted by molar-refractivity contribution is -0.141. The van der Waals surface area contributed by atoms with Crippen LogP contribution in [-0.2, 0) is 35.2 Å². The third-order valence-corrected chi connectivity index (χ3v) is 11.3. The minimum Gasteiger partial charge on any atom is -0.391 e. The molecule has 0 heterocycles. The Bertz CT molecular complexity index is 1600. The van der Waals surface area contributed by atoms with E-state index in [-0.39, 0.29) is 47.7 Å². The van der Waals surface area contributed by atoms with E-state index in [4.69, 9.17) is 5.84 Å². The van der Waals surface area contributed by atoms with E-state index in [1.807, 2.05) is 20.8 Å². The number of carbonyl (C=O) groups excluding carboxylic acids is 6. The van der Waals surface area contributed by atoms with Crippen LogP contribution in [0, 0.1) is 29.4 Å². The Morgan fingerprint density at radius 3 is 1.77 bits per heavy atom. The van der Waals surface area contributed by atoms with E-state index in [9.17, 15) is 42.7 Å². The molecule has 0 unspecified atom stereocenters. The van der Waals surface area contributed by atoms with Crippen molar-refractivity contribution in [2.24, 2.45) is 23.6 Å². The number of benzene rings is 1. The van der Waals surface area contributed by atoms with Crippen molar-refractivity contribution in [3.63, 3.8) is 0 Å². The molecule has 0 aliphatic rings. The quantitative estimate of drug-likeness (QED) is 0.0162. The first-order chi connectivity index (χ1) is 28.0. The fraction of sp³-hybridized carbons (Fsp3) is 0.696. The third kappa shape index (κ3) is 18.5. The van der Waals surface area contributed by atoms with Gasteiger partial charge < -0.3 is 15.7 Å². The van der Waals surface area contributed by atoms with Gasteiger partial charge in [0.15, 0.2) is 23.2 Å². The predicted octanol–water partition coefficient (Wildman–Crippen LogP) is 6.30. The number of nitrogens with two attached hydrogens (primary N) is 1. The minimum atomic E-state index is -1.39. The van der Waals surface area contributed by atoms with Crippen LogP contribution in [0.2, 0.25) is 0 Å². The summed E-state index contributed by atoms with van der Waals surface area (Å²) in [6.45, 7) is 17.4. The number of allylic oxidation sites excluding steroid dienone is 2. The van der Waals surface area contributed by atoms with Gasteiger partial charge in [-0.15, -0.1) is 0 Å². The van der Waals surface area contributed by atoms with E-state index in [2.05, 4.69) is 47.4 Å². The maximum Gasteiger partial charge on any atom is 0.238 e. The van der Waals surface area contributed by atoms with Crippen LogP contribution in [0.4, 0.5) is 8.78 Å². The zero-order chi connectivity index (χ0) is 45.8. The van der Waals surface area contributed by atoms with Gasteiger partial charge in [0.1, 0.15) is 6.04 Å². The molecule has 0 fully saturated rings. The molecule has 0 bridgehead atoms. The highest BCUT2D eigenvalue weighted by Gasteiger charge is 2.38. The Kier molecular flexibility index (Phi) is 24.1. The number of Topliss-reactive ketones (excluding diaryl/α,β-unsaturated/α-hetero) is 4. The SMILES string of the molecule is CC[C@@H](CC(C)C)C(=O)N[C@@](C)(CCC/C=C/CCCCCC[C@@](C)(NC(=O)[C@H](Cc1ccc(F)c(F)c1)N[C@@H](CC(C)C)C(=O)C(=O)[C@@H](NN)[C@@H](C)O)C(C)=O)C(C)=O. The lowest BCUT2D eigenvalue weighted by atomic mass is 9.88. The summed E-state index contributed by atoms with van der Waals surface area (Å²) in [5.41, 5.74) is 0.228. The standard InChI is InChI=1S/C46H75F2N5O7/c1-11-35(25-29(2)3)43(59)51-45(9,32(7)55)23-19-17-15-13-12-14-16-18-20-24-46(10,33(8)56)52-44(60)39(28-34-21-22-36(47)37(48)27-34)50-38(26-30(4)5)41(57)42(58)40(53-49)31(6)54/h13,15,21-22,27,29-31,35,38-40,50,53-54H,11-12,14,16-20,23-26,28,49H2,1-10H3,(H,51,59)(H,52,60)/b15-13+/t31-,35+,38+,39+,40+,45+,46-/m1/s1.